The first-order chi connectivity index (χ1) is 5.29. The second-order valence-electron chi connectivity index (χ2n) is 2.06. The zero-order valence-corrected chi connectivity index (χ0v) is 6.32. The summed E-state index contributed by atoms with van der Waals surface area (Å²) in [6, 6.07) is 0. The van der Waals surface area contributed by atoms with E-state index in [-0.39, 0.29) is 12.3 Å². The molecule has 0 aliphatic heterocycles. The molecule has 0 fully saturated rings. The molecule has 0 saturated heterocycles. The normalized spacial score (nSPS) is 10.0. The molecule has 0 aromatic carbocycles. The first-order valence-corrected chi connectivity index (χ1v) is 3.41. The van der Waals surface area contributed by atoms with Gasteiger partial charge in [-0.15, -0.1) is 5.10 Å². The fourth-order valence-electron chi connectivity index (χ4n) is 0.812. The van der Waals surface area contributed by atoms with Gasteiger partial charge in [0.2, 0.25) is 0 Å². The van der Waals surface area contributed by atoms with Gasteiger partial charge in [-0.25, -0.2) is 4.68 Å². The third kappa shape index (κ3) is 1.43. The fourth-order valence-corrected chi connectivity index (χ4v) is 0.812. The van der Waals surface area contributed by atoms with Crippen LogP contribution in [0.5, 0.6) is 0 Å². The Balaban J connectivity index is 2.92. The molecular weight excluding hydrogens is 144 g/mol. The van der Waals surface area contributed by atoms with E-state index in [1.54, 1.807) is 0 Å². The highest BCUT2D eigenvalue weighted by Crippen LogP contribution is 1.95. The maximum absolute atomic E-state index is 11.0. The Morgan fingerprint density at radius 1 is 1.82 bits per heavy atom. The molecule has 5 heteroatoms. The molecule has 0 amide bonds. The van der Waals surface area contributed by atoms with Crippen molar-refractivity contribution >= 4 is 5.78 Å². The highest BCUT2D eigenvalue weighted by Gasteiger charge is 2.08. The van der Waals surface area contributed by atoms with Gasteiger partial charge in [0.1, 0.15) is 5.69 Å². The van der Waals surface area contributed by atoms with Crippen molar-refractivity contribution in [3.8, 4) is 0 Å². The fraction of sp³-hybridized carbons (Fsp3) is 0.500. The van der Waals surface area contributed by atoms with Gasteiger partial charge >= 0.3 is 0 Å². The Bertz CT molecular complexity index is 255. The molecule has 0 aliphatic carbocycles. The van der Waals surface area contributed by atoms with E-state index in [1.807, 2.05) is 6.92 Å². The van der Waals surface area contributed by atoms with Gasteiger partial charge in [0.05, 0.1) is 12.7 Å². The monoisotopic (exact) mass is 154 g/mol. The number of carbonyl (C=O) groups excluding carboxylic acids is 1. The van der Waals surface area contributed by atoms with Crippen molar-refractivity contribution < 1.29 is 4.79 Å². The van der Waals surface area contributed by atoms with E-state index in [2.05, 4.69) is 10.3 Å². The number of ketones is 1. The zero-order valence-electron chi connectivity index (χ0n) is 6.32. The molecule has 0 bridgehead atoms. The summed E-state index contributed by atoms with van der Waals surface area (Å²) in [5.41, 5.74) is 5.65. The lowest BCUT2D eigenvalue weighted by Crippen LogP contribution is -2.18. The lowest BCUT2D eigenvalue weighted by atomic mass is 10.3. The van der Waals surface area contributed by atoms with Crippen molar-refractivity contribution in [2.24, 2.45) is 5.73 Å². The number of aromatic nitrogens is 3. The van der Waals surface area contributed by atoms with Crippen molar-refractivity contribution in [2.75, 3.05) is 6.54 Å². The van der Waals surface area contributed by atoms with Crippen LogP contribution in [0.4, 0.5) is 0 Å². The summed E-state index contributed by atoms with van der Waals surface area (Å²) in [4.78, 5) is 11.0. The topological polar surface area (TPSA) is 73.8 Å². The van der Waals surface area contributed by atoms with Crippen LogP contribution in [0.2, 0.25) is 0 Å². The molecule has 5 nitrogen and oxygen atoms in total. The molecule has 0 spiro atoms. The maximum Gasteiger partial charge on any atom is 0.196 e. The van der Waals surface area contributed by atoms with Gasteiger partial charge in [0.15, 0.2) is 5.78 Å². The summed E-state index contributed by atoms with van der Waals surface area (Å²) in [5, 5.41) is 7.29. The van der Waals surface area contributed by atoms with E-state index in [0.717, 1.165) is 0 Å². The number of aryl methyl sites for hydroxylation is 1. The zero-order chi connectivity index (χ0) is 8.27. The summed E-state index contributed by atoms with van der Waals surface area (Å²) in [5.74, 6) is -0.128. The van der Waals surface area contributed by atoms with E-state index in [1.165, 1.54) is 10.9 Å². The lowest BCUT2D eigenvalue weighted by molar-refractivity contribution is 0.0991. The number of hydrogen-bond donors (Lipinski definition) is 1. The summed E-state index contributed by atoms with van der Waals surface area (Å²) in [6.45, 7) is 2.54. The molecular formula is C6H10N4O. The van der Waals surface area contributed by atoms with Crippen LogP contribution in [0.15, 0.2) is 6.20 Å². The average molecular weight is 154 g/mol. The average Bonchev–Trinajstić information content (AvgIpc) is 2.50. The van der Waals surface area contributed by atoms with Gasteiger partial charge < -0.3 is 5.73 Å². The minimum absolute atomic E-state index is 0.00731. The van der Waals surface area contributed by atoms with Crippen LogP contribution in [0.1, 0.15) is 17.4 Å². The molecule has 0 unspecified atom stereocenters. The first-order valence-electron chi connectivity index (χ1n) is 3.41. The van der Waals surface area contributed by atoms with Gasteiger partial charge in [-0.2, -0.15) is 0 Å². The molecule has 0 atom stereocenters. The van der Waals surface area contributed by atoms with Gasteiger partial charge in [0.25, 0.3) is 0 Å². The standard InChI is InChI=1S/C6H10N4O/c1-2-10-5(4-8-9-10)6(11)3-7/h4H,2-3,7H2,1H3. The minimum atomic E-state index is -0.128. The third-order valence-electron chi connectivity index (χ3n) is 1.39. The highest BCUT2D eigenvalue weighted by atomic mass is 16.1. The lowest BCUT2D eigenvalue weighted by Gasteiger charge is -1.98. The minimum Gasteiger partial charge on any atom is -0.324 e. The molecule has 1 heterocycles. The van der Waals surface area contributed by atoms with Crippen LogP contribution in [-0.4, -0.2) is 27.3 Å². The molecule has 0 saturated carbocycles. The third-order valence-corrected chi connectivity index (χ3v) is 1.39. The van der Waals surface area contributed by atoms with Crippen LogP contribution < -0.4 is 5.73 Å². The van der Waals surface area contributed by atoms with Gasteiger partial charge in [-0.1, -0.05) is 5.21 Å². The number of nitrogens with two attached hydrogens (primary N) is 1. The molecule has 1 aromatic rings. The van der Waals surface area contributed by atoms with Crippen molar-refractivity contribution in [2.45, 2.75) is 13.5 Å². The van der Waals surface area contributed by atoms with E-state index >= 15 is 0 Å². The summed E-state index contributed by atoms with van der Waals surface area (Å²) < 4.78 is 1.52. The second kappa shape index (κ2) is 3.25. The number of hydrogen-bond acceptors (Lipinski definition) is 4. The maximum atomic E-state index is 11.0. The van der Waals surface area contributed by atoms with Crippen molar-refractivity contribution in [3.63, 3.8) is 0 Å². The van der Waals surface area contributed by atoms with Gasteiger partial charge in [0, 0.05) is 6.54 Å². The smallest absolute Gasteiger partial charge is 0.196 e. The predicted molar refractivity (Wildman–Crippen MR) is 39.1 cm³/mol. The van der Waals surface area contributed by atoms with Crippen molar-refractivity contribution in [1.82, 2.24) is 15.0 Å². The Morgan fingerprint density at radius 2 is 2.55 bits per heavy atom. The quantitative estimate of drug-likeness (QED) is 0.592. The van der Waals surface area contributed by atoms with Crippen molar-refractivity contribution in [3.05, 3.63) is 11.9 Å². The van der Waals surface area contributed by atoms with E-state index in [0.29, 0.717) is 12.2 Å². The number of nitrogens with zero attached hydrogens (tertiary/aromatic N) is 3. The first kappa shape index (κ1) is 7.87. The SMILES string of the molecule is CCn1nncc1C(=O)CN. The van der Waals surface area contributed by atoms with Crippen LogP contribution >= 0.6 is 0 Å². The predicted octanol–water partition coefficient (Wildman–Crippen LogP) is -0.561. The van der Waals surface area contributed by atoms with Crippen LogP contribution in [0.3, 0.4) is 0 Å². The number of Topliss-reactive ketones (excluding diaryl/α,β-unsaturated/α-hetero) is 1. The largest absolute Gasteiger partial charge is 0.324 e. The van der Waals surface area contributed by atoms with Crippen LogP contribution in [0, 0.1) is 0 Å². The Morgan fingerprint density at radius 3 is 3.09 bits per heavy atom. The Labute approximate surface area is 64.2 Å². The van der Waals surface area contributed by atoms with Gasteiger partial charge in [-0.3, -0.25) is 4.79 Å². The highest BCUT2D eigenvalue weighted by molar-refractivity contribution is 5.95. The van der Waals surface area contributed by atoms with Gasteiger partial charge in [-0.05, 0) is 6.92 Å². The molecule has 11 heavy (non-hydrogen) atoms. The van der Waals surface area contributed by atoms with Crippen LogP contribution in [-0.2, 0) is 6.54 Å². The van der Waals surface area contributed by atoms with E-state index < -0.39 is 0 Å². The number of rotatable bonds is 3. The Hall–Kier alpha value is -1.23. The molecule has 1 rings (SSSR count). The molecule has 1 aromatic heterocycles. The molecule has 0 radical (unpaired) electrons. The van der Waals surface area contributed by atoms with E-state index in [9.17, 15) is 4.79 Å². The summed E-state index contributed by atoms with van der Waals surface area (Å²) in [6.07, 6.45) is 1.43. The molecule has 0 aliphatic rings. The summed E-state index contributed by atoms with van der Waals surface area (Å²) in [7, 11) is 0. The second-order valence-corrected chi connectivity index (χ2v) is 2.06. The Kier molecular flexibility index (Phi) is 2.32. The molecule has 60 valence electrons. The molecule has 2 N–H and O–H groups in total. The summed E-state index contributed by atoms with van der Waals surface area (Å²) >= 11 is 0. The number of carbonyl (C=O) groups is 1. The van der Waals surface area contributed by atoms with Crippen LogP contribution in [0.25, 0.3) is 0 Å². The van der Waals surface area contributed by atoms with Crippen molar-refractivity contribution in [1.29, 1.82) is 0 Å². The van der Waals surface area contributed by atoms with E-state index in [4.69, 9.17) is 5.73 Å².